The van der Waals surface area contributed by atoms with E-state index < -0.39 is 0 Å². The van der Waals surface area contributed by atoms with Gasteiger partial charge in [0.2, 0.25) is 0 Å². The molecule has 0 aromatic heterocycles. The highest BCUT2D eigenvalue weighted by atomic mass is 16.3. The highest BCUT2D eigenvalue weighted by Gasteiger charge is 2.38. The molecule has 0 heterocycles. The number of hydrogen-bond donors (Lipinski definition) is 1. The number of likely N-dealkylation sites (N-methyl/N-ethyl adjacent to an activating group) is 1. The summed E-state index contributed by atoms with van der Waals surface area (Å²) in [6.45, 7) is 1.19. The Bertz CT molecular complexity index is 216. The van der Waals surface area contributed by atoms with Crippen LogP contribution in [0.15, 0.2) is 0 Å². The summed E-state index contributed by atoms with van der Waals surface area (Å²) in [5.41, 5.74) is 0. The Morgan fingerprint density at radius 2 is 1.62 bits per heavy atom. The molecule has 3 nitrogen and oxygen atoms in total. The number of aliphatic hydroxyl groups excluding tert-OH is 1. The molecule has 0 radical (unpaired) electrons. The molecule has 0 amide bonds. The molecule has 3 heteroatoms. The molecule has 16 heavy (non-hydrogen) atoms. The molecular weight excluding hydrogens is 200 g/mol. The second-order valence-electron chi connectivity index (χ2n) is 5.58. The fourth-order valence-corrected chi connectivity index (χ4v) is 3.22. The van der Waals surface area contributed by atoms with E-state index in [0.29, 0.717) is 18.7 Å². The lowest BCUT2D eigenvalue weighted by Gasteiger charge is -2.43. The van der Waals surface area contributed by atoms with Gasteiger partial charge in [0.15, 0.2) is 0 Å². The summed E-state index contributed by atoms with van der Waals surface area (Å²) in [4.78, 5) is 4.97. The van der Waals surface area contributed by atoms with Gasteiger partial charge in [0.05, 0.1) is 6.61 Å². The zero-order chi connectivity index (χ0) is 11.5. The van der Waals surface area contributed by atoms with Crippen molar-refractivity contribution in [2.75, 3.05) is 27.2 Å². The van der Waals surface area contributed by atoms with E-state index in [1.807, 2.05) is 0 Å². The fraction of sp³-hybridized carbons (Fsp3) is 1.00. The van der Waals surface area contributed by atoms with Crippen LogP contribution in [0, 0.1) is 0 Å². The average molecular weight is 226 g/mol. The Morgan fingerprint density at radius 3 is 2.12 bits per heavy atom. The minimum Gasteiger partial charge on any atom is -0.395 e. The van der Waals surface area contributed by atoms with E-state index in [9.17, 15) is 5.11 Å². The lowest BCUT2D eigenvalue weighted by Crippen LogP contribution is -2.52. The molecule has 2 fully saturated rings. The molecular formula is C13H26N2O. The molecule has 0 bridgehead atoms. The number of rotatable bonds is 5. The van der Waals surface area contributed by atoms with Gasteiger partial charge >= 0.3 is 0 Å². The van der Waals surface area contributed by atoms with Crippen molar-refractivity contribution in [2.45, 2.75) is 56.7 Å². The van der Waals surface area contributed by atoms with Gasteiger partial charge in [-0.3, -0.25) is 4.90 Å². The van der Waals surface area contributed by atoms with Crippen molar-refractivity contribution in [3.8, 4) is 0 Å². The zero-order valence-electron chi connectivity index (χ0n) is 10.7. The van der Waals surface area contributed by atoms with Crippen molar-refractivity contribution in [1.82, 2.24) is 9.80 Å². The van der Waals surface area contributed by atoms with Crippen molar-refractivity contribution in [2.24, 2.45) is 0 Å². The van der Waals surface area contributed by atoms with Gasteiger partial charge in [-0.25, -0.2) is 0 Å². The van der Waals surface area contributed by atoms with Gasteiger partial charge in [0, 0.05) is 24.7 Å². The van der Waals surface area contributed by atoms with Crippen molar-refractivity contribution in [3.63, 3.8) is 0 Å². The number of nitrogens with zero attached hydrogens (tertiary/aromatic N) is 2. The Balaban J connectivity index is 2.01. The molecule has 94 valence electrons. The SMILES string of the molecule is CN(C)C1CCCCC1N(CCO)C1CC1. The smallest absolute Gasteiger partial charge is 0.0558 e. The van der Waals surface area contributed by atoms with Gasteiger partial charge in [-0.05, 0) is 39.8 Å². The minimum atomic E-state index is 0.313. The third kappa shape index (κ3) is 2.76. The molecule has 2 saturated carbocycles. The maximum Gasteiger partial charge on any atom is 0.0558 e. The Kier molecular flexibility index (Phi) is 4.22. The molecule has 2 unspecified atom stereocenters. The fourth-order valence-electron chi connectivity index (χ4n) is 3.22. The second-order valence-corrected chi connectivity index (χ2v) is 5.58. The summed E-state index contributed by atoms with van der Waals surface area (Å²) < 4.78 is 0. The van der Waals surface area contributed by atoms with Crippen LogP contribution < -0.4 is 0 Å². The molecule has 2 aliphatic carbocycles. The Hall–Kier alpha value is -0.120. The van der Waals surface area contributed by atoms with E-state index >= 15 is 0 Å². The minimum absolute atomic E-state index is 0.313. The standard InChI is InChI=1S/C13H26N2O/c1-14(2)12-5-3-4-6-13(12)15(9-10-16)11-7-8-11/h11-13,16H,3-10H2,1-2H3. The molecule has 0 saturated heterocycles. The molecule has 2 aliphatic rings. The summed E-state index contributed by atoms with van der Waals surface area (Å²) in [6.07, 6.45) is 8.07. The first-order valence-corrected chi connectivity index (χ1v) is 6.77. The third-order valence-electron chi connectivity index (χ3n) is 4.16. The van der Waals surface area contributed by atoms with Crippen molar-refractivity contribution < 1.29 is 5.11 Å². The van der Waals surface area contributed by atoms with E-state index in [0.717, 1.165) is 12.6 Å². The summed E-state index contributed by atoms with van der Waals surface area (Å²) >= 11 is 0. The normalized spacial score (nSPS) is 31.3. The van der Waals surface area contributed by atoms with Crippen LogP contribution in [0.25, 0.3) is 0 Å². The topological polar surface area (TPSA) is 26.7 Å². The van der Waals surface area contributed by atoms with E-state index in [1.165, 1.54) is 38.5 Å². The highest BCUT2D eigenvalue weighted by Crippen LogP contribution is 2.34. The highest BCUT2D eigenvalue weighted by molar-refractivity contribution is 4.95. The van der Waals surface area contributed by atoms with Crippen LogP contribution in [-0.2, 0) is 0 Å². The first-order valence-electron chi connectivity index (χ1n) is 6.77. The summed E-state index contributed by atoms with van der Waals surface area (Å²) in [5.74, 6) is 0. The molecule has 2 atom stereocenters. The van der Waals surface area contributed by atoms with Gasteiger partial charge in [0.25, 0.3) is 0 Å². The second kappa shape index (κ2) is 5.48. The monoisotopic (exact) mass is 226 g/mol. The lowest BCUT2D eigenvalue weighted by molar-refractivity contribution is 0.0547. The van der Waals surface area contributed by atoms with Crippen LogP contribution in [0.1, 0.15) is 38.5 Å². The maximum atomic E-state index is 9.21. The van der Waals surface area contributed by atoms with Gasteiger partial charge in [0.1, 0.15) is 0 Å². The quantitative estimate of drug-likeness (QED) is 0.766. The van der Waals surface area contributed by atoms with E-state index in [2.05, 4.69) is 23.9 Å². The molecule has 0 aliphatic heterocycles. The summed E-state index contributed by atoms with van der Waals surface area (Å²) in [7, 11) is 4.40. The predicted octanol–water partition coefficient (Wildman–Crippen LogP) is 1.32. The lowest BCUT2D eigenvalue weighted by atomic mass is 9.88. The van der Waals surface area contributed by atoms with Crippen LogP contribution in [0.5, 0.6) is 0 Å². The van der Waals surface area contributed by atoms with Crippen LogP contribution in [0.2, 0.25) is 0 Å². The van der Waals surface area contributed by atoms with Gasteiger partial charge < -0.3 is 10.0 Å². The van der Waals surface area contributed by atoms with Crippen molar-refractivity contribution >= 4 is 0 Å². The van der Waals surface area contributed by atoms with Crippen molar-refractivity contribution in [3.05, 3.63) is 0 Å². The third-order valence-corrected chi connectivity index (χ3v) is 4.16. The van der Waals surface area contributed by atoms with Gasteiger partial charge in [-0.15, -0.1) is 0 Å². The number of hydrogen-bond acceptors (Lipinski definition) is 3. The predicted molar refractivity (Wildman–Crippen MR) is 66.5 cm³/mol. The number of aliphatic hydroxyl groups is 1. The van der Waals surface area contributed by atoms with Crippen LogP contribution in [-0.4, -0.2) is 60.3 Å². The zero-order valence-corrected chi connectivity index (χ0v) is 10.7. The molecule has 2 rings (SSSR count). The van der Waals surface area contributed by atoms with Crippen molar-refractivity contribution in [1.29, 1.82) is 0 Å². The maximum absolute atomic E-state index is 9.21. The molecule has 0 aromatic rings. The summed E-state index contributed by atoms with van der Waals surface area (Å²) in [6, 6.07) is 2.15. The largest absolute Gasteiger partial charge is 0.395 e. The van der Waals surface area contributed by atoms with E-state index in [1.54, 1.807) is 0 Å². The van der Waals surface area contributed by atoms with E-state index in [-0.39, 0.29) is 0 Å². The molecule has 1 N–H and O–H groups in total. The van der Waals surface area contributed by atoms with Gasteiger partial charge in [-0.1, -0.05) is 12.8 Å². The first kappa shape index (κ1) is 12.3. The Labute approximate surface area is 99.4 Å². The average Bonchev–Trinajstić information content (AvgIpc) is 3.10. The Morgan fingerprint density at radius 1 is 1.00 bits per heavy atom. The van der Waals surface area contributed by atoms with Gasteiger partial charge in [-0.2, -0.15) is 0 Å². The summed E-state index contributed by atoms with van der Waals surface area (Å²) in [5, 5.41) is 9.21. The van der Waals surface area contributed by atoms with E-state index in [4.69, 9.17) is 0 Å². The van der Waals surface area contributed by atoms with Crippen LogP contribution >= 0.6 is 0 Å². The molecule has 0 aromatic carbocycles. The molecule has 0 spiro atoms. The van der Waals surface area contributed by atoms with Crippen LogP contribution in [0.4, 0.5) is 0 Å². The first-order chi connectivity index (χ1) is 7.74. The van der Waals surface area contributed by atoms with Crippen LogP contribution in [0.3, 0.4) is 0 Å².